The Balaban J connectivity index is 1.67. The zero-order valence-corrected chi connectivity index (χ0v) is 16.3. The van der Waals surface area contributed by atoms with Crippen molar-refractivity contribution in [3.05, 3.63) is 94.5 Å². The zero-order valence-electron chi connectivity index (χ0n) is 15.6. The molecule has 0 saturated carbocycles. The number of aryl methyl sites for hydroxylation is 1. The molecular weight excluding hydrogens is 374 g/mol. The molecule has 0 bridgehead atoms. The Kier molecular flexibility index (Phi) is 6.56. The van der Waals surface area contributed by atoms with E-state index in [9.17, 15) is 9.90 Å². The van der Waals surface area contributed by atoms with Crippen LogP contribution in [0.15, 0.2) is 72.8 Å². The Hall–Kier alpha value is -2.98. The molecule has 3 aromatic carbocycles. The predicted molar refractivity (Wildman–Crippen MR) is 112 cm³/mol. The van der Waals surface area contributed by atoms with E-state index in [1.54, 1.807) is 0 Å². The Morgan fingerprint density at radius 2 is 1.79 bits per heavy atom. The SMILES string of the molecule is Cc1ccc(N[C@@H](CCOC(=O)c2cc(Cl)ccc2O)c2ccccc2)cc1. The fourth-order valence-corrected chi connectivity index (χ4v) is 3.05. The molecular formula is C23H22ClNO3. The first-order chi connectivity index (χ1) is 13.5. The van der Waals surface area contributed by atoms with Crippen LogP contribution < -0.4 is 5.32 Å². The van der Waals surface area contributed by atoms with Gasteiger partial charge in [-0.15, -0.1) is 0 Å². The normalized spacial score (nSPS) is 11.6. The average molecular weight is 396 g/mol. The number of carbonyl (C=O) groups is 1. The molecule has 0 amide bonds. The van der Waals surface area contributed by atoms with E-state index in [1.807, 2.05) is 61.5 Å². The topological polar surface area (TPSA) is 58.6 Å². The molecule has 28 heavy (non-hydrogen) atoms. The number of ether oxygens (including phenoxy) is 1. The lowest BCUT2D eigenvalue weighted by Gasteiger charge is -2.21. The second-order valence-electron chi connectivity index (χ2n) is 6.56. The van der Waals surface area contributed by atoms with Crippen molar-refractivity contribution in [3.8, 4) is 5.75 Å². The van der Waals surface area contributed by atoms with Crippen LogP contribution in [0.25, 0.3) is 0 Å². The third-order valence-corrected chi connectivity index (χ3v) is 4.65. The molecule has 5 heteroatoms. The first kappa shape index (κ1) is 19.8. The number of nitrogens with one attached hydrogen (secondary N) is 1. The first-order valence-electron chi connectivity index (χ1n) is 9.07. The molecule has 0 aliphatic carbocycles. The van der Waals surface area contributed by atoms with Crippen LogP contribution in [-0.4, -0.2) is 17.7 Å². The molecule has 0 radical (unpaired) electrons. The van der Waals surface area contributed by atoms with Crippen LogP contribution in [0, 0.1) is 6.92 Å². The van der Waals surface area contributed by atoms with Crippen LogP contribution in [0.5, 0.6) is 5.75 Å². The summed E-state index contributed by atoms with van der Waals surface area (Å²) in [7, 11) is 0. The van der Waals surface area contributed by atoms with Crippen LogP contribution in [-0.2, 0) is 4.74 Å². The molecule has 0 fully saturated rings. The van der Waals surface area contributed by atoms with E-state index >= 15 is 0 Å². The molecule has 0 aromatic heterocycles. The molecule has 144 valence electrons. The number of rotatable bonds is 7. The second-order valence-corrected chi connectivity index (χ2v) is 7.00. The summed E-state index contributed by atoms with van der Waals surface area (Å²) in [5.41, 5.74) is 3.36. The van der Waals surface area contributed by atoms with Gasteiger partial charge >= 0.3 is 5.97 Å². The molecule has 3 rings (SSSR count). The first-order valence-corrected chi connectivity index (χ1v) is 9.44. The zero-order chi connectivity index (χ0) is 19.9. The second kappa shape index (κ2) is 9.29. The summed E-state index contributed by atoms with van der Waals surface area (Å²) in [6.07, 6.45) is 0.574. The monoisotopic (exact) mass is 395 g/mol. The van der Waals surface area contributed by atoms with Crippen molar-refractivity contribution >= 4 is 23.3 Å². The van der Waals surface area contributed by atoms with Crippen molar-refractivity contribution in [2.24, 2.45) is 0 Å². The van der Waals surface area contributed by atoms with Gasteiger partial charge in [-0.2, -0.15) is 0 Å². The number of phenols is 1. The highest BCUT2D eigenvalue weighted by Crippen LogP contribution is 2.25. The van der Waals surface area contributed by atoms with Crippen LogP contribution in [0.2, 0.25) is 5.02 Å². The van der Waals surface area contributed by atoms with E-state index in [1.165, 1.54) is 23.8 Å². The van der Waals surface area contributed by atoms with E-state index in [-0.39, 0.29) is 24.0 Å². The maximum atomic E-state index is 12.3. The van der Waals surface area contributed by atoms with Gasteiger partial charge in [0.15, 0.2) is 0 Å². The van der Waals surface area contributed by atoms with E-state index in [2.05, 4.69) is 5.32 Å². The van der Waals surface area contributed by atoms with Crippen molar-refractivity contribution in [3.63, 3.8) is 0 Å². The molecule has 0 aliphatic rings. The smallest absolute Gasteiger partial charge is 0.341 e. The standard InChI is InChI=1S/C23H22ClNO3/c1-16-7-10-19(11-8-16)25-21(17-5-3-2-4-6-17)13-14-28-23(27)20-15-18(24)9-12-22(20)26/h2-12,15,21,25-26H,13-14H2,1H3/t21-/m0/s1. The van der Waals surface area contributed by atoms with Gasteiger partial charge in [-0.05, 0) is 42.8 Å². The van der Waals surface area contributed by atoms with Crippen molar-refractivity contribution < 1.29 is 14.6 Å². The summed E-state index contributed by atoms with van der Waals surface area (Å²) >= 11 is 5.90. The summed E-state index contributed by atoms with van der Waals surface area (Å²) < 4.78 is 5.38. The molecule has 1 atom stereocenters. The highest BCUT2D eigenvalue weighted by atomic mass is 35.5. The number of esters is 1. The quantitative estimate of drug-likeness (QED) is 0.500. The van der Waals surface area contributed by atoms with Crippen LogP contribution in [0.1, 0.15) is 33.9 Å². The fourth-order valence-electron chi connectivity index (χ4n) is 2.88. The van der Waals surface area contributed by atoms with E-state index in [0.29, 0.717) is 11.4 Å². The molecule has 3 aromatic rings. The van der Waals surface area contributed by atoms with Gasteiger partial charge in [-0.1, -0.05) is 59.6 Å². The number of aromatic hydroxyl groups is 1. The summed E-state index contributed by atoms with van der Waals surface area (Å²) in [6, 6.07) is 22.4. The number of hydrogen-bond acceptors (Lipinski definition) is 4. The molecule has 0 saturated heterocycles. The third-order valence-electron chi connectivity index (χ3n) is 4.41. The number of benzene rings is 3. The number of phenolic OH excluding ortho intramolecular Hbond substituents is 1. The van der Waals surface area contributed by atoms with Gasteiger partial charge in [0.1, 0.15) is 11.3 Å². The van der Waals surface area contributed by atoms with Gasteiger partial charge in [-0.3, -0.25) is 0 Å². The number of anilines is 1. The predicted octanol–water partition coefficient (Wildman–Crippen LogP) is 5.75. The lowest BCUT2D eigenvalue weighted by Crippen LogP contribution is -2.15. The number of hydrogen-bond donors (Lipinski definition) is 2. The third kappa shape index (κ3) is 5.27. The fraction of sp³-hybridized carbons (Fsp3) is 0.174. The van der Waals surface area contributed by atoms with Crippen LogP contribution >= 0.6 is 11.6 Å². The van der Waals surface area contributed by atoms with Gasteiger partial charge in [0, 0.05) is 17.1 Å². The average Bonchev–Trinajstić information content (AvgIpc) is 2.71. The van der Waals surface area contributed by atoms with Crippen LogP contribution in [0.4, 0.5) is 5.69 Å². The largest absolute Gasteiger partial charge is 0.507 e. The molecule has 0 heterocycles. The summed E-state index contributed by atoms with van der Waals surface area (Å²) in [4.78, 5) is 12.3. The van der Waals surface area contributed by atoms with Crippen LogP contribution in [0.3, 0.4) is 0 Å². The van der Waals surface area contributed by atoms with Gasteiger partial charge < -0.3 is 15.2 Å². The minimum absolute atomic E-state index is 0.0235. The Morgan fingerprint density at radius 3 is 2.50 bits per heavy atom. The van der Waals surface area contributed by atoms with Gasteiger partial charge in [0.25, 0.3) is 0 Å². The molecule has 0 aliphatic heterocycles. The molecule has 4 nitrogen and oxygen atoms in total. The minimum atomic E-state index is -0.595. The van der Waals surface area contributed by atoms with E-state index < -0.39 is 5.97 Å². The van der Waals surface area contributed by atoms with Gasteiger partial charge in [0.2, 0.25) is 0 Å². The highest BCUT2D eigenvalue weighted by Gasteiger charge is 2.16. The van der Waals surface area contributed by atoms with Gasteiger partial charge in [0.05, 0.1) is 12.6 Å². The van der Waals surface area contributed by atoms with Crippen molar-refractivity contribution in [1.82, 2.24) is 0 Å². The molecule has 0 unspecified atom stereocenters. The minimum Gasteiger partial charge on any atom is -0.507 e. The number of carbonyl (C=O) groups excluding carboxylic acids is 1. The Morgan fingerprint density at radius 1 is 1.07 bits per heavy atom. The van der Waals surface area contributed by atoms with Crippen molar-refractivity contribution in [2.45, 2.75) is 19.4 Å². The lowest BCUT2D eigenvalue weighted by atomic mass is 10.0. The Bertz CT molecular complexity index is 926. The highest BCUT2D eigenvalue weighted by molar-refractivity contribution is 6.31. The summed E-state index contributed by atoms with van der Waals surface area (Å²) in [5.74, 6) is -0.742. The Labute approximate surface area is 169 Å². The van der Waals surface area contributed by atoms with E-state index in [4.69, 9.17) is 16.3 Å². The van der Waals surface area contributed by atoms with Crippen molar-refractivity contribution in [1.29, 1.82) is 0 Å². The lowest BCUT2D eigenvalue weighted by molar-refractivity contribution is 0.0492. The molecule has 0 spiro atoms. The van der Waals surface area contributed by atoms with Crippen molar-refractivity contribution in [2.75, 3.05) is 11.9 Å². The maximum absolute atomic E-state index is 12.3. The molecule has 2 N–H and O–H groups in total. The van der Waals surface area contributed by atoms with E-state index in [0.717, 1.165) is 11.3 Å². The van der Waals surface area contributed by atoms with Gasteiger partial charge in [-0.25, -0.2) is 4.79 Å². The number of halogens is 1. The maximum Gasteiger partial charge on any atom is 0.341 e. The summed E-state index contributed by atoms with van der Waals surface area (Å²) in [5, 5.41) is 13.7. The summed E-state index contributed by atoms with van der Waals surface area (Å²) in [6.45, 7) is 2.24.